The van der Waals surface area contributed by atoms with Gasteiger partial charge in [-0.25, -0.2) is 4.39 Å². The molecule has 1 aliphatic rings. The van der Waals surface area contributed by atoms with E-state index in [1.54, 1.807) is 6.07 Å². The zero-order chi connectivity index (χ0) is 13.8. The number of hydrogen-bond acceptors (Lipinski definition) is 2. The van der Waals surface area contributed by atoms with Crippen molar-refractivity contribution in [1.29, 1.82) is 0 Å². The molecule has 19 heavy (non-hydrogen) atoms. The Labute approximate surface area is 116 Å². The van der Waals surface area contributed by atoms with Crippen molar-refractivity contribution in [2.75, 3.05) is 18.0 Å². The number of rotatable bonds is 4. The van der Waals surface area contributed by atoms with Gasteiger partial charge < -0.3 is 10.2 Å². The Bertz CT molecular complexity index is 419. The number of para-hydroxylation sites is 1. The Morgan fingerprint density at radius 1 is 1.32 bits per heavy atom. The number of anilines is 1. The van der Waals surface area contributed by atoms with Crippen LogP contribution in [0.3, 0.4) is 0 Å². The largest absolute Gasteiger partial charge is 0.366 e. The summed E-state index contributed by atoms with van der Waals surface area (Å²) in [6.07, 6.45) is 2.39. The summed E-state index contributed by atoms with van der Waals surface area (Å²) in [4.78, 5) is 2.26. The van der Waals surface area contributed by atoms with Gasteiger partial charge in [0, 0.05) is 19.1 Å². The van der Waals surface area contributed by atoms with Crippen LogP contribution in [-0.2, 0) is 6.54 Å². The van der Waals surface area contributed by atoms with Crippen LogP contribution >= 0.6 is 0 Å². The third kappa shape index (κ3) is 3.27. The molecule has 2 atom stereocenters. The molecule has 1 fully saturated rings. The highest BCUT2D eigenvalue weighted by Crippen LogP contribution is 2.32. The minimum atomic E-state index is -0.0867. The maximum atomic E-state index is 14.3. The van der Waals surface area contributed by atoms with E-state index in [2.05, 4.69) is 31.0 Å². The highest BCUT2D eigenvalue weighted by Gasteiger charge is 2.26. The second-order valence-electron chi connectivity index (χ2n) is 5.71. The fourth-order valence-electron chi connectivity index (χ4n) is 2.88. The molecule has 3 heteroatoms. The fraction of sp³-hybridized carbons (Fsp3) is 0.625. The molecule has 0 amide bonds. The Balaban J connectivity index is 2.30. The lowest BCUT2D eigenvalue weighted by atomic mass is 9.93. The first-order valence-electron chi connectivity index (χ1n) is 7.38. The fourth-order valence-corrected chi connectivity index (χ4v) is 2.88. The van der Waals surface area contributed by atoms with Gasteiger partial charge in [-0.15, -0.1) is 0 Å². The second-order valence-corrected chi connectivity index (χ2v) is 5.71. The number of hydrogen-bond donors (Lipinski definition) is 1. The van der Waals surface area contributed by atoms with Gasteiger partial charge in [0.05, 0.1) is 5.69 Å². The van der Waals surface area contributed by atoms with E-state index in [4.69, 9.17) is 0 Å². The molecular formula is C16H25FN2. The van der Waals surface area contributed by atoms with E-state index in [1.807, 2.05) is 12.1 Å². The quantitative estimate of drug-likeness (QED) is 0.894. The van der Waals surface area contributed by atoms with E-state index in [1.165, 1.54) is 6.42 Å². The van der Waals surface area contributed by atoms with E-state index in [0.29, 0.717) is 12.0 Å². The SMILES string of the molecule is CCNCc1cccc(F)c1N1CC(C)CCC1C. The van der Waals surface area contributed by atoms with Gasteiger partial charge in [-0.05, 0) is 43.9 Å². The minimum Gasteiger partial charge on any atom is -0.366 e. The Morgan fingerprint density at radius 3 is 2.84 bits per heavy atom. The van der Waals surface area contributed by atoms with Gasteiger partial charge in [0.25, 0.3) is 0 Å². The van der Waals surface area contributed by atoms with Crippen molar-refractivity contribution in [2.45, 2.75) is 46.2 Å². The summed E-state index contributed by atoms with van der Waals surface area (Å²) in [5.74, 6) is 0.555. The molecular weight excluding hydrogens is 239 g/mol. The van der Waals surface area contributed by atoms with Crippen LogP contribution in [0.25, 0.3) is 0 Å². The van der Waals surface area contributed by atoms with E-state index in [0.717, 1.165) is 37.3 Å². The van der Waals surface area contributed by atoms with Crippen LogP contribution in [-0.4, -0.2) is 19.1 Å². The van der Waals surface area contributed by atoms with Crippen molar-refractivity contribution >= 4 is 5.69 Å². The molecule has 2 nitrogen and oxygen atoms in total. The number of halogens is 1. The lowest BCUT2D eigenvalue weighted by Gasteiger charge is -2.39. The van der Waals surface area contributed by atoms with Crippen molar-refractivity contribution < 1.29 is 4.39 Å². The van der Waals surface area contributed by atoms with Crippen molar-refractivity contribution in [3.05, 3.63) is 29.6 Å². The summed E-state index contributed by atoms with van der Waals surface area (Å²) in [5, 5.41) is 3.30. The van der Waals surface area contributed by atoms with Gasteiger partial charge in [-0.2, -0.15) is 0 Å². The molecule has 2 rings (SSSR count). The van der Waals surface area contributed by atoms with Crippen LogP contribution < -0.4 is 10.2 Å². The average Bonchev–Trinajstić information content (AvgIpc) is 2.39. The Morgan fingerprint density at radius 2 is 2.11 bits per heavy atom. The van der Waals surface area contributed by atoms with Crippen LogP contribution in [0.5, 0.6) is 0 Å². The first-order chi connectivity index (χ1) is 9.13. The first kappa shape index (κ1) is 14.3. The molecule has 0 aromatic heterocycles. The molecule has 1 saturated heterocycles. The summed E-state index contributed by atoms with van der Waals surface area (Å²) in [7, 11) is 0. The second kappa shape index (κ2) is 6.38. The van der Waals surface area contributed by atoms with Crippen molar-refractivity contribution in [3.8, 4) is 0 Å². The molecule has 1 aliphatic heterocycles. The van der Waals surface area contributed by atoms with Crippen molar-refractivity contribution in [2.24, 2.45) is 5.92 Å². The number of benzene rings is 1. The normalized spacial score (nSPS) is 23.7. The molecule has 0 aliphatic carbocycles. The lowest BCUT2D eigenvalue weighted by Crippen LogP contribution is -2.42. The molecule has 1 heterocycles. The van der Waals surface area contributed by atoms with Crippen molar-refractivity contribution in [1.82, 2.24) is 5.32 Å². The number of piperidine rings is 1. The van der Waals surface area contributed by atoms with Gasteiger partial charge in [0.15, 0.2) is 0 Å². The van der Waals surface area contributed by atoms with Crippen molar-refractivity contribution in [3.63, 3.8) is 0 Å². The summed E-state index contributed by atoms with van der Waals surface area (Å²) < 4.78 is 14.3. The molecule has 0 saturated carbocycles. The van der Waals surface area contributed by atoms with Crippen LogP contribution in [0.4, 0.5) is 10.1 Å². The summed E-state index contributed by atoms with van der Waals surface area (Å²) in [6.45, 7) is 9.13. The van der Waals surface area contributed by atoms with E-state index < -0.39 is 0 Å². The Hall–Kier alpha value is -1.09. The molecule has 1 aromatic rings. The topological polar surface area (TPSA) is 15.3 Å². The molecule has 0 radical (unpaired) electrons. The molecule has 0 bridgehead atoms. The van der Waals surface area contributed by atoms with Crippen LogP contribution in [0.1, 0.15) is 39.2 Å². The number of nitrogens with one attached hydrogen (secondary N) is 1. The summed E-state index contributed by atoms with van der Waals surface area (Å²) >= 11 is 0. The van der Waals surface area contributed by atoms with Crippen LogP contribution in [0.2, 0.25) is 0 Å². The molecule has 0 spiro atoms. The van der Waals surface area contributed by atoms with E-state index in [-0.39, 0.29) is 5.82 Å². The third-order valence-electron chi connectivity index (χ3n) is 4.04. The van der Waals surface area contributed by atoms with E-state index >= 15 is 0 Å². The predicted octanol–water partition coefficient (Wildman–Crippen LogP) is 3.56. The average molecular weight is 264 g/mol. The van der Waals surface area contributed by atoms with E-state index in [9.17, 15) is 4.39 Å². The first-order valence-corrected chi connectivity index (χ1v) is 7.38. The zero-order valence-electron chi connectivity index (χ0n) is 12.2. The van der Waals surface area contributed by atoms with Gasteiger partial charge in [0.2, 0.25) is 0 Å². The molecule has 1 aromatic carbocycles. The van der Waals surface area contributed by atoms with Gasteiger partial charge in [-0.3, -0.25) is 0 Å². The molecule has 1 N–H and O–H groups in total. The highest BCUT2D eigenvalue weighted by atomic mass is 19.1. The summed E-state index contributed by atoms with van der Waals surface area (Å²) in [6, 6.07) is 5.85. The number of nitrogens with zero attached hydrogens (tertiary/aromatic N) is 1. The van der Waals surface area contributed by atoms with Crippen LogP contribution in [0.15, 0.2) is 18.2 Å². The summed E-state index contributed by atoms with van der Waals surface area (Å²) in [5.41, 5.74) is 1.88. The smallest absolute Gasteiger partial charge is 0.146 e. The zero-order valence-corrected chi connectivity index (χ0v) is 12.2. The highest BCUT2D eigenvalue weighted by molar-refractivity contribution is 5.56. The Kier molecular flexibility index (Phi) is 4.81. The maximum absolute atomic E-state index is 14.3. The monoisotopic (exact) mass is 264 g/mol. The lowest BCUT2D eigenvalue weighted by molar-refractivity contribution is 0.385. The van der Waals surface area contributed by atoms with Gasteiger partial charge in [-0.1, -0.05) is 26.0 Å². The maximum Gasteiger partial charge on any atom is 0.146 e. The molecule has 106 valence electrons. The predicted molar refractivity (Wildman–Crippen MR) is 79.0 cm³/mol. The third-order valence-corrected chi connectivity index (χ3v) is 4.04. The molecule has 2 unspecified atom stereocenters. The van der Waals surface area contributed by atoms with Gasteiger partial charge in [0.1, 0.15) is 5.82 Å². The van der Waals surface area contributed by atoms with Gasteiger partial charge >= 0.3 is 0 Å². The van der Waals surface area contributed by atoms with Crippen LogP contribution in [0, 0.1) is 11.7 Å². The minimum absolute atomic E-state index is 0.0867. The standard InChI is InChI=1S/C16H25FN2/c1-4-18-10-14-6-5-7-15(17)16(14)19-11-12(2)8-9-13(19)3/h5-7,12-13,18H,4,8-11H2,1-3H3.